The van der Waals surface area contributed by atoms with Gasteiger partial charge >= 0.3 is 6.18 Å². The lowest BCUT2D eigenvalue weighted by molar-refractivity contribution is -0.208. The summed E-state index contributed by atoms with van der Waals surface area (Å²) in [5.74, 6) is -0.330. The Morgan fingerprint density at radius 1 is 1.23 bits per heavy atom. The number of hydrogen-bond acceptors (Lipinski definition) is 5. The maximum atomic E-state index is 14.6. The summed E-state index contributed by atoms with van der Waals surface area (Å²) >= 11 is 5.94. The number of halogens is 5. The van der Waals surface area contributed by atoms with Crippen LogP contribution in [0.4, 0.5) is 17.6 Å². The summed E-state index contributed by atoms with van der Waals surface area (Å²) < 4.78 is 64.5. The molecule has 3 aromatic rings. The second kappa shape index (κ2) is 7.16. The minimum atomic E-state index is -4.66. The molecular weight excluding hydrogens is 426 g/mol. The second-order valence-electron chi connectivity index (χ2n) is 7.29. The van der Waals surface area contributed by atoms with Crippen molar-refractivity contribution in [2.75, 3.05) is 0 Å². The van der Waals surface area contributed by atoms with Crippen molar-refractivity contribution in [2.24, 2.45) is 10.7 Å². The van der Waals surface area contributed by atoms with Gasteiger partial charge in [0.05, 0.1) is 5.54 Å². The lowest BCUT2D eigenvalue weighted by Gasteiger charge is -2.36. The number of oxazole rings is 1. The van der Waals surface area contributed by atoms with Gasteiger partial charge in [-0.15, -0.1) is 0 Å². The van der Waals surface area contributed by atoms with Crippen molar-refractivity contribution < 1.29 is 26.7 Å². The Morgan fingerprint density at radius 3 is 2.73 bits per heavy atom. The topological polar surface area (TPSA) is 73.6 Å². The number of fused-ring (bicyclic) bond motifs is 1. The number of amidine groups is 1. The SMILES string of the molecule is C[C@@]1(c2cc(Cc3nc4ccc(Cl)cc4o3)ccc2F)C[C@@H](C(F)(F)F)OC(N)=N1. The Bertz CT molecular complexity index is 1140. The predicted octanol–water partition coefficient (Wildman–Crippen LogP) is 5.09. The maximum absolute atomic E-state index is 14.6. The highest BCUT2D eigenvalue weighted by Crippen LogP contribution is 2.41. The quantitative estimate of drug-likeness (QED) is 0.574. The Hall–Kier alpha value is -2.81. The van der Waals surface area contributed by atoms with Crippen molar-refractivity contribution in [1.29, 1.82) is 0 Å². The fourth-order valence-corrected chi connectivity index (χ4v) is 3.67. The first-order chi connectivity index (χ1) is 14.0. The van der Waals surface area contributed by atoms with E-state index in [0.717, 1.165) is 0 Å². The van der Waals surface area contributed by atoms with E-state index in [9.17, 15) is 17.6 Å². The first kappa shape index (κ1) is 20.5. The molecule has 1 aliphatic rings. The summed E-state index contributed by atoms with van der Waals surface area (Å²) in [6.07, 6.45) is -7.23. The molecule has 0 spiro atoms. The van der Waals surface area contributed by atoms with Crippen LogP contribution in [0.3, 0.4) is 0 Å². The van der Waals surface area contributed by atoms with Crippen molar-refractivity contribution in [3.8, 4) is 0 Å². The summed E-state index contributed by atoms with van der Waals surface area (Å²) in [6, 6.07) is 8.52. The molecule has 0 aliphatic carbocycles. The van der Waals surface area contributed by atoms with Crippen LogP contribution in [0.25, 0.3) is 11.1 Å². The van der Waals surface area contributed by atoms with Gasteiger partial charge in [0.15, 0.2) is 17.6 Å². The monoisotopic (exact) mass is 441 g/mol. The molecule has 0 radical (unpaired) electrons. The number of hydrogen-bond donors (Lipinski definition) is 1. The number of aromatic nitrogens is 1. The number of rotatable bonds is 3. The van der Waals surface area contributed by atoms with E-state index in [2.05, 4.69) is 14.7 Å². The van der Waals surface area contributed by atoms with Gasteiger partial charge in [0.2, 0.25) is 0 Å². The average molecular weight is 442 g/mol. The molecule has 158 valence electrons. The van der Waals surface area contributed by atoms with Crippen molar-refractivity contribution >= 4 is 28.7 Å². The summed E-state index contributed by atoms with van der Waals surface area (Å²) in [4.78, 5) is 8.33. The molecule has 0 saturated heterocycles. The first-order valence-electron chi connectivity index (χ1n) is 8.96. The highest BCUT2D eigenvalue weighted by Gasteiger charge is 2.50. The van der Waals surface area contributed by atoms with Crippen molar-refractivity contribution in [3.63, 3.8) is 0 Å². The fraction of sp³-hybridized carbons (Fsp3) is 0.300. The van der Waals surface area contributed by atoms with E-state index in [1.807, 2.05) is 0 Å². The van der Waals surface area contributed by atoms with Crippen LogP contribution in [0.2, 0.25) is 5.02 Å². The normalized spacial score (nSPS) is 22.1. The minimum absolute atomic E-state index is 0.0142. The molecule has 5 nitrogen and oxygen atoms in total. The Morgan fingerprint density at radius 2 is 2.00 bits per heavy atom. The second-order valence-corrected chi connectivity index (χ2v) is 7.72. The molecule has 30 heavy (non-hydrogen) atoms. The number of nitrogens with zero attached hydrogens (tertiary/aromatic N) is 2. The third-order valence-corrected chi connectivity index (χ3v) is 5.16. The van der Waals surface area contributed by atoms with E-state index in [4.69, 9.17) is 21.8 Å². The molecule has 0 fully saturated rings. The molecule has 2 aromatic carbocycles. The van der Waals surface area contributed by atoms with Crippen molar-refractivity contribution in [3.05, 3.63) is 64.3 Å². The van der Waals surface area contributed by atoms with E-state index >= 15 is 0 Å². The van der Waals surface area contributed by atoms with E-state index < -0.39 is 36.1 Å². The Kier molecular flexibility index (Phi) is 4.88. The highest BCUT2D eigenvalue weighted by atomic mass is 35.5. The van der Waals surface area contributed by atoms with E-state index in [1.165, 1.54) is 25.1 Å². The zero-order valence-electron chi connectivity index (χ0n) is 15.6. The van der Waals surface area contributed by atoms with Crippen LogP contribution in [0.1, 0.15) is 30.4 Å². The molecule has 1 aromatic heterocycles. The summed E-state index contributed by atoms with van der Waals surface area (Å²) in [6.45, 7) is 1.39. The standard InChI is InChI=1S/C20H16ClF4N3O2/c1-19(9-16(20(23,24)25)30-18(26)28-19)12-6-10(2-4-13(12)22)7-17-27-14-5-3-11(21)8-15(14)29-17/h2-6,8,16H,7,9H2,1H3,(H2,26,28)/t16-,19-/m0/s1. The number of ether oxygens (including phenoxy) is 1. The minimum Gasteiger partial charge on any atom is -0.452 e. The molecule has 2 atom stereocenters. The molecule has 0 unspecified atom stereocenters. The van der Waals surface area contributed by atoms with Crippen LogP contribution in [-0.2, 0) is 16.7 Å². The molecular formula is C20H16ClF4N3O2. The molecule has 0 amide bonds. The molecule has 1 aliphatic heterocycles. The number of nitrogens with two attached hydrogens (primary N) is 1. The van der Waals surface area contributed by atoms with Gasteiger partial charge in [-0.1, -0.05) is 17.7 Å². The van der Waals surface area contributed by atoms with Crippen LogP contribution in [0.5, 0.6) is 0 Å². The Labute approximate surface area is 173 Å². The molecule has 10 heteroatoms. The van der Waals surface area contributed by atoms with Gasteiger partial charge in [0.25, 0.3) is 6.02 Å². The van der Waals surface area contributed by atoms with Crippen LogP contribution < -0.4 is 5.73 Å². The van der Waals surface area contributed by atoms with Crippen LogP contribution in [0, 0.1) is 5.82 Å². The van der Waals surface area contributed by atoms with E-state index in [0.29, 0.717) is 27.6 Å². The molecule has 0 bridgehead atoms. The average Bonchev–Trinajstić information content (AvgIpc) is 3.03. The number of alkyl halides is 3. The van der Waals surface area contributed by atoms with Crippen LogP contribution in [-0.4, -0.2) is 23.3 Å². The van der Waals surface area contributed by atoms with Gasteiger partial charge in [-0.3, -0.25) is 0 Å². The van der Waals surface area contributed by atoms with Gasteiger partial charge in [-0.2, -0.15) is 13.2 Å². The van der Waals surface area contributed by atoms with Gasteiger partial charge < -0.3 is 14.9 Å². The Balaban J connectivity index is 1.68. The van der Waals surface area contributed by atoms with Crippen LogP contribution >= 0.6 is 11.6 Å². The zero-order valence-corrected chi connectivity index (χ0v) is 16.4. The molecule has 2 N–H and O–H groups in total. The summed E-state index contributed by atoms with van der Waals surface area (Å²) in [7, 11) is 0. The lowest BCUT2D eigenvalue weighted by atomic mass is 9.84. The van der Waals surface area contributed by atoms with Crippen molar-refractivity contribution in [2.45, 2.75) is 37.6 Å². The highest BCUT2D eigenvalue weighted by molar-refractivity contribution is 6.31. The lowest BCUT2D eigenvalue weighted by Crippen LogP contribution is -2.46. The summed E-state index contributed by atoms with van der Waals surface area (Å²) in [5.41, 5.74) is 5.62. The van der Waals surface area contributed by atoms with Crippen LogP contribution in [0.15, 0.2) is 45.8 Å². The van der Waals surface area contributed by atoms with Gasteiger partial charge in [-0.25, -0.2) is 14.4 Å². The predicted molar refractivity (Wildman–Crippen MR) is 103 cm³/mol. The number of aliphatic imine (C=N–C) groups is 1. The number of benzene rings is 2. The van der Waals surface area contributed by atoms with Gasteiger partial charge in [0.1, 0.15) is 11.3 Å². The van der Waals surface area contributed by atoms with E-state index in [-0.39, 0.29) is 12.0 Å². The fourth-order valence-electron chi connectivity index (χ4n) is 3.51. The maximum Gasteiger partial charge on any atom is 0.425 e. The van der Waals surface area contributed by atoms with Gasteiger partial charge in [-0.05, 0) is 36.8 Å². The summed E-state index contributed by atoms with van der Waals surface area (Å²) in [5, 5.41) is 0.497. The molecule has 2 heterocycles. The zero-order chi connectivity index (χ0) is 21.7. The van der Waals surface area contributed by atoms with Gasteiger partial charge in [0, 0.05) is 29.5 Å². The molecule has 4 rings (SSSR count). The third-order valence-electron chi connectivity index (χ3n) is 4.93. The van der Waals surface area contributed by atoms with Crippen molar-refractivity contribution in [1.82, 2.24) is 4.98 Å². The van der Waals surface area contributed by atoms with E-state index in [1.54, 1.807) is 18.2 Å². The third kappa shape index (κ3) is 3.94. The largest absolute Gasteiger partial charge is 0.452 e. The molecule has 0 saturated carbocycles. The smallest absolute Gasteiger partial charge is 0.425 e. The first-order valence-corrected chi connectivity index (χ1v) is 9.34.